The average Bonchev–Trinajstić information content (AvgIpc) is 0.811. The Balaban J connectivity index is 2.80. The minimum absolute atomic E-state index is 0.389. The molecule has 0 heterocycles. The highest BCUT2D eigenvalue weighted by Gasteiger charge is 1.54. The highest BCUT2D eigenvalue weighted by molar-refractivity contribution is 9.04. The van der Waals surface area contributed by atoms with Crippen molar-refractivity contribution in [3.05, 3.63) is 0 Å². The summed E-state index contributed by atoms with van der Waals surface area (Å²) >= 11 is 11.7. The van der Waals surface area contributed by atoms with E-state index < -0.39 is 0 Å². The van der Waals surface area contributed by atoms with E-state index in [-0.39, 0.29) is 7.52 Å². The SMILES string of the molecule is S=S(S)S. The zero-order valence-corrected chi connectivity index (χ0v) is 5.13. The lowest BCUT2D eigenvalue weighted by atomic mass is 30.5. The molecule has 0 atom stereocenters. The maximum Gasteiger partial charge on any atom is -0.0103 e. The predicted octanol–water partition coefficient (Wildman–Crippen LogP) is 0.756. The van der Waals surface area contributed by atoms with Crippen LogP contribution in [0.4, 0.5) is 0 Å². The van der Waals surface area contributed by atoms with Gasteiger partial charge in [0.2, 0.25) is 0 Å². The van der Waals surface area contributed by atoms with Gasteiger partial charge in [0.1, 0.15) is 0 Å². The summed E-state index contributed by atoms with van der Waals surface area (Å²) in [6, 6.07) is 0. The Kier molecular flexibility index (Phi) is 3.30. The molecule has 0 aromatic rings. The topological polar surface area (TPSA) is 0 Å². The molecule has 0 nitrogen and oxygen atoms in total. The van der Waals surface area contributed by atoms with Crippen LogP contribution < -0.4 is 0 Å². The first kappa shape index (κ1) is 5.27. The zero-order chi connectivity index (χ0) is 3.58. The van der Waals surface area contributed by atoms with Gasteiger partial charge in [0, 0.05) is 0 Å². The third-order valence-corrected chi connectivity index (χ3v) is 0. The molecule has 0 aromatic carbocycles. The molecule has 0 saturated heterocycles. The fourth-order valence-electron chi connectivity index (χ4n) is 0. The molecule has 4 heavy (non-hydrogen) atoms. The molecule has 0 aromatic heterocycles. The van der Waals surface area contributed by atoms with Crippen LogP contribution in [0.3, 0.4) is 0 Å². The molecule has 26 valence electrons. The molecule has 0 aliphatic carbocycles. The summed E-state index contributed by atoms with van der Waals surface area (Å²) in [4.78, 5) is 0. The third kappa shape index (κ3) is 10.4. The molecule has 0 aliphatic heterocycles. The summed E-state index contributed by atoms with van der Waals surface area (Å²) in [6.45, 7) is 0. The van der Waals surface area contributed by atoms with Crippen molar-refractivity contribution in [2.45, 2.75) is 0 Å². The number of hydrogen-bond donors (Lipinski definition) is 2. The van der Waals surface area contributed by atoms with Crippen LogP contribution in [0.1, 0.15) is 0 Å². The molecule has 0 saturated carbocycles. The maximum absolute atomic E-state index is 4.38. The van der Waals surface area contributed by atoms with Crippen molar-refractivity contribution in [3.8, 4) is 0 Å². The lowest BCUT2D eigenvalue weighted by Gasteiger charge is -1.63. The first-order valence-electron chi connectivity index (χ1n) is 0.532. The molecule has 0 radical (unpaired) electrons. The highest BCUT2D eigenvalue weighted by Crippen LogP contribution is 1.88. The van der Waals surface area contributed by atoms with E-state index >= 15 is 0 Å². The average molecular weight is 130 g/mol. The summed E-state index contributed by atoms with van der Waals surface area (Å²) in [6.07, 6.45) is 0. The van der Waals surface area contributed by atoms with Crippen LogP contribution in [-0.4, -0.2) is 0 Å². The van der Waals surface area contributed by atoms with Crippen molar-refractivity contribution in [2.24, 2.45) is 0 Å². The molecule has 0 bridgehead atoms. The van der Waals surface area contributed by atoms with E-state index in [1.165, 1.54) is 0 Å². The second-order valence-corrected chi connectivity index (χ2v) is 6.23. The second-order valence-electron chi connectivity index (χ2n) is 0.231. The van der Waals surface area contributed by atoms with Gasteiger partial charge in [-0.05, 0) is 18.7 Å². The van der Waals surface area contributed by atoms with Crippen molar-refractivity contribution in [1.82, 2.24) is 0 Å². The Morgan fingerprint density at radius 1 is 1.50 bits per heavy atom. The summed E-state index contributed by atoms with van der Waals surface area (Å²) in [5.41, 5.74) is 0. The van der Waals surface area contributed by atoms with Crippen LogP contribution >= 0.6 is 23.3 Å². The van der Waals surface area contributed by atoms with Gasteiger partial charge in [-0.25, -0.2) is 0 Å². The molecule has 0 fully saturated rings. The van der Waals surface area contributed by atoms with Gasteiger partial charge in [0.25, 0.3) is 0 Å². The second kappa shape index (κ2) is 2.50. The molecular weight excluding hydrogens is 128 g/mol. The molecular formula is H2S4. The third-order valence-electron chi connectivity index (χ3n) is 0. The molecule has 4 heteroatoms. The Morgan fingerprint density at radius 2 is 1.50 bits per heavy atom. The molecule has 0 rings (SSSR count). The van der Waals surface area contributed by atoms with Crippen LogP contribution in [0.5, 0.6) is 0 Å². The van der Waals surface area contributed by atoms with E-state index in [1.807, 2.05) is 0 Å². The molecule has 0 aliphatic rings. The minimum Gasteiger partial charge on any atom is -0.0963 e. The van der Waals surface area contributed by atoms with Gasteiger partial charge < -0.3 is 0 Å². The quantitative estimate of drug-likeness (QED) is 0.360. The summed E-state index contributed by atoms with van der Waals surface area (Å²) in [7, 11) is -0.389. The lowest BCUT2D eigenvalue weighted by molar-refractivity contribution is 5.87. The van der Waals surface area contributed by atoms with E-state index in [2.05, 4.69) is 34.5 Å². The number of hydrogen-bond acceptors (Lipinski definition) is 1. The lowest BCUT2D eigenvalue weighted by Crippen LogP contribution is -1.36. The van der Waals surface area contributed by atoms with Gasteiger partial charge in [-0.3, -0.25) is 0 Å². The fraction of sp³-hybridized carbons (Fsp3) is 0. The van der Waals surface area contributed by atoms with Crippen LogP contribution in [0.2, 0.25) is 0 Å². The van der Waals surface area contributed by atoms with Crippen molar-refractivity contribution in [2.75, 3.05) is 0 Å². The van der Waals surface area contributed by atoms with E-state index in [9.17, 15) is 0 Å². The van der Waals surface area contributed by atoms with E-state index in [0.29, 0.717) is 0 Å². The van der Waals surface area contributed by atoms with E-state index in [0.717, 1.165) is 0 Å². The van der Waals surface area contributed by atoms with Gasteiger partial charge >= 0.3 is 0 Å². The Bertz CT molecular complexity index is 23.0. The minimum atomic E-state index is -0.389. The van der Waals surface area contributed by atoms with Gasteiger partial charge in [-0.15, -0.1) is 0 Å². The molecule has 0 spiro atoms. The van der Waals surface area contributed by atoms with Crippen molar-refractivity contribution in [1.29, 1.82) is 0 Å². The Morgan fingerprint density at radius 3 is 1.50 bits per heavy atom. The van der Waals surface area contributed by atoms with Crippen LogP contribution in [0.15, 0.2) is 0 Å². The van der Waals surface area contributed by atoms with Gasteiger partial charge in [-0.1, -0.05) is 23.3 Å². The van der Waals surface area contributed by atoms with Gasteiger partial charge in [0.05, 0.1) is 0 Å². The smallest absolute Gasteiger partial charge is 0.0103 e. The van der Waals surface area contributed by atoms with Crippen molar-refractivity contribution < 1.29 is 0 Å². The number of thiol groups is 2. The Hall–Kier alpha value is 1.27. The predicted molar refractivity (Wildman–Crippen MR) is 32.7 cm³/mol. The van der Waals surface area contributed by atoms with Crippen LogP contribution in [-0.2, 0) is 18.7 Å². The largest absolute Gasteiger partial charge is 0.0963 e. The van der Waals surface area contributed by atoms with Crippen LogP contribution in [0, 0.1) is 0 Å². The summed E-state index contributed by atoms with van der Waals surface area (Å²) in [5, 5.41) is 0. The van der Waals surface area contributed by atoms with Crippen molar-refractivity contribution in [3.63, 3.8) is 0 Å². The Labute approximate surface area is 42.2 Å². The summed E-state index contributed by atoms with van der Waals surface area (Å²) in [5.74, 6) is 0. The first-order valence-corrected chi connectivity index (χ1v) is 4.79. The molecule has 0 N–H and O–H groups in total. The first-order chi connectivity index (χ1) is 1.73. The maximum atomic E-state index is 4.38. The van der Waals surface area contributed by atoms with Gasteiger partial charge in [0.15, 0.2) is 0 Å². The molecule has 0 unspecified atom stereocenters. The highest BCUT2D eigenvalue weighted by atomic mass is 33.6. The van der Waals surface area contributed by atoms with Crippen LogP contribution in [0.25, 0.3) is 0 Å². The summed E-state index contributed by atoms with van der Waals surface area (Å²) < 4.78 is 0. The number of rotatable bonds is 0. The van der Waals surface area contributed by atoms with E-state index in [4.69, 9.17) is 0 Å². The van der Waals surface area contributed by atoms with Crippen molar-refractivity contribution >= 4 is 42.0 Å². The fourth-order valence-corrected chi connectivity index (χ4v) is 0. The normalized spacial score (nSPS) is 8.75. The standard InChI is InChI=1S/H2S4/c1-4(2)3/h(H2,1,2,3). The zero-order valence-electron chi connectivity index (χ0n) is 1.71. The molecule has 0 amide bonds. The van der Waals surface area contributed by atoms with Gasteiger partial charge in [-0.2, -0.15) is 0 Å². The van der Waals surface area contributed by atoms with E-state index in [1.54, 1.807) is 0 Å². The monoisotopic (exact) mass is 130 g/mol.